The number of hydrogen-bond donors (Lipinski definition) is 7. The van der Waals surface area contributed by atoms with E-state index in [1.807, 2.05) is 11.8 Å². The zero-order chi connectivity index (χ0) is 57.7. The number of anilines is 2. The maximum atomic E-state index is 13.4. The fourth-order valence-electron chi connectivity index (χ4n) is 9.80. The third-order valence-electron chi connectivity index (χ3n) is 13.1. The van der Waals surface area contributed by atoms with E-state index in [9.17, 15) is 78.1 Å². The molecule has 2 aromatic heterocycles. The maximum Gasteiger partial charge on any atom is 0.295 e. The van der Waals surface area contributed by atoms with E-state index in [1.54, 1.807) is 62.6 Å². The smallest absolute Gasteiger partial charge is 0.295 e. The molecule has 0 spiro atoms. The minimum atomic E-state index is -5.13. The fourth-order valence-corrected chi connectivity index (χ4v) is 14.3. The van der Waals surface area contributed by atoms with Crippen molar-refractivity contribution in [3.05, 3.63) is 119 Å². The number of sulfonamides is 1. The van der Waals surface area contributed by atoms with E-state index in [0.717, 1.165) is 12.1 Å². The van der Waals surface area contributed by atoms with Crippen LogP contribution >= 0.6 is 11.3 Å². The molecule has 0 radical (unpaired) electrons. The maximum absolute atomic E-state index is 13.4. The molecule has 4 heterocycles. The quantitative estimate of drug-likeness (QED) is 0.0286. The van der Waals surface area contributed by atoms with Crippen LogP contribution in [0.15, 0.2) is 121 Å². The highest BCUT2D eigenvalue weighted by Gasteiger charge is 2.47. The lowest BCUT2D eigenvalue weighted by atomic mass is 9.79. The van der Waals surface area contributed by atoms with Gasteiger partial charge in [0.1, 0.15) is 16.3 Å². The lowest BCUT2D eigenvalue weighted by Gasteiger charge is -2.26. The normalized spacial score (nSPS) is 16.7. The Morgan fingerprint density at radius 2 is 1.31 bits per heavy atom. The van der Waals surface area contributed by atoms with Crippen LogP contribution in [0.3, 0.4) is 0 Å². The summed E-state index contributed by atoms with van der Waals surface area (Å²) in [5.41, 5.74) is 0.468. The molecule has 0 saturated heterocycles. The summed E-state index contributed by atoms with van der Waals surface area (Å²) in [6.07, 6.45) is 7.52. The summed E-state index contributed by atoms with van der Waals surface area (Å²) >= 11 is 0.498. The van der Waals surface area contributed by atoms with Crippen LogP contribution in [0.25, 0.3) is 27.1 Å². The van der Waals surface area contributed by atoms with Gasteiger partial charge in [-0.05, 0) is 97.8 Å². The number of aromatic nitrogens is 3. The molecule has 414 valence electrons. The Balaban J connectivity index is 1.33. The topological polar surface area (TPSA) is 406 Å². The summed E-state index contributed by atoms with van der Waals surface area (Å²) in [6, 6.07) is 12.0. The van der Waals surface area contributed by atoms with Gasteiger partial charge >= 0.3 is 0 Å². The summed E-state index contributed by atoms with van der Waals surface area (Å²) in [5.74, 6) is -1.48. The number of allylic oxidation sites excluding steroid dienone is 6. The first-order chi connectivity index (χ1) is 35.8. The highest BCUT2D eigenvalue weighted by atomic mass is 32.3. The Hall–Kier alpha value is -6.27. The molecule has 8 rings (SSSR count). The summed E-state index contributed by atoms with van der Waals surface area (Å²) in [7, 11) is -29.0. The average molecular weight is 1210 g/mol. The number of nitrogens with zero attached hydrogens (tertiary/aromatic N) is 5. The van der Waals surface area contributed by atoms with E-state index in [1.165, 1.54) is 36.5 Å². The number of rotatable bonds is 16. The van der Waals surface area contributed by atoms with Crippen LogP contribution in [-0.4, -0.2) is 123 Å². The van der Waals surface area contributed by atoms with Gasteiger partial charge in [-0.2, -0.15) is 46.7 Å². The van der Waals surface area contributed by atoms with Crippen LogP contribution in [0.2, 0.25) is 0 Å². The van der Waals surface area contributed by atoms with Gasteiger partial charge in [0.15, 0.2) is 5.71 Å². The van der Waals surface area contributed by atoms with Crippen molar-refractivity contribution in [1.29, 1.82) is 0 Å². The molecule has 6 aromatic rings. The van der Waals surface area contributed by atoms with Crippen molar-refractivity contribution in [2.75, 3.05) is 29.1 Å². The van der Waals surface area contributed by atoms with Crippen LogP contribution in [0.1, 0.15) is 68.2 Å². The molecule has 2 aliphatic rings. The number of likely N-dealkylation sites (N-methyl/N-ethyl adjacent to an activating group) is 1. The molecule has 8 N–H and O–H groups in total. The molecule has 0 fully saturated rings. The molecule has 0 atom stereocenters. The van der Waals surface area contributed by atoms with Crippen molar-refractivity contribution in [2.24, 2.45) is 5.14 Å². The van der Waals surface area contributed by atoms with Crippen molar-refractivity contribution in [3.63, 3.8) is 0 Å². The van der Waals surface area contributed by atoms with Gasteiger partial charge in [-0.1, -0.05) is 37.3 Å². The van der Waals surface area contributed by atoms with Crippen molar-refractivity contribution in [3.8, 4) is 0 Å². The van der Waals surface area contributed by atoms with Crippen molar-refractivity contribution in [1.82, 2.24) is 15.2 Å². The van der Waals surface area contributed by atoms with Crippen LogP contribution in [0, 0.1) is 0 Å². The summed E-state index contributed by atoms with van der Waals surface area (Å²) in [5, 5.41) is 14.3. The molecule has 0 saturated carbocycles. The second-order valence-corrected chi connectivity index (χ2v) is 28.7. The van der Waals surface area contributed by atoms with Crippen molar-refractivity contribution in [2.45, 2.75) is 75.8 Å². The molecule has 25 nitrogen and oxygen atoms in total. The van der Waals surface area contributed by atoms with Crippen molar-refractivity contribution >= 4 is 127 Å². The predicted octanol–water partition coefficient (Wildman–Crippen LogP) is 5.12. The molecule has 2 aliphatic heterocycles. The largest absolute Gasteiger partial charge is 0.344 e. The number of pyridine rings is 1. The molecule has 0 unspecified atom stereocenters. The summed E-state index contributed by atoms with van der Waals surface area (Å²) in [6.45, 7) is 8.87. The van der Waals surface area contributed by atoms with Gasteiger partial charge in [-0.3, -0.25) is 37.9 Å². The molecule has 32 heteroatoms. The molecule has 78 heavy (non-hydrogen) atoms. The number of nitrogens with one attached hydrogen (secondary N) is 1. The van der Waals surface area contributed by atoms with Gasteiger partial charge < -0.3 is 4.90 Å². The highest BCUT2D eigenvalue weighted by molar-refractivity contribution is 7.91. The van der Waals surface area contributed by atoms with E-state index >= 15 is 0 Å². The number of benzene rings is 4. The third kappa shape index (κ3) is 11.2. The minimum absolute atomic E-state index is 0.0310. The molecule has 0 bridgehead atoms. The Morgan fingerprint density at radius 3 is 1.81 bits per heavy atom. The second kappa shape index (κ2) is 19.8. The van der Waals surface area contributed by atoms with Gasteiger partial charge in [-0.15, -0.1) is 10.2 Å². The Kier molecular flexibility index (Phi) is 14.7. The Labute approximate surface area is 451 Å². The molecular weight excluding hydrogens is 1160 g/mol. The molecule has 0 aliphatic carbocycles. The molecule has 4 aromatic carbocycles. The van der Waals surface area contributed by atoms with E-state index in [4.69, 9.17) is 5.14 Å². The van der Waals surface area contributed by atoms with E-state index in [-0.39, 0.29) is 68.6 Å². The summed E-state index contributed by atoms with van der Waals surface area (Å²) < 4.78 is 200. The standard InChI is InChI=1S/C46H45N7O18S7/c1-6-52-34-14-11-29-31(20-27(75(60,61)62)22-36(29)77(66,67)68)40(34)45(2,3)38(52)16-9-25(33-13-8-26(24-48-33)42(54)49-43-50-51-44(72-43)74(47,58)59)10-17-39-46(4,5)41-32-21-28(76(63,64)65)23-37(78(69,70)71)30(32)12-15-35(41)53(39)18-7-19-73(55,56)57/h8-17,20-24H,6-7,18-19H2,1-5H3,(H7-,47,49,50,54,55,56,57,58,59,60,61,62,63,64,65,66,67,68,69,70,71)/p+1. The number of carbonyl (C=O) groups is 1. The number of carbonyl (C=O) groups excluding carboxylic acids is 1. The monoisotopic (exact) mass is 1210 g/mol. The van der Waals surface area contributed by atoms with Gasteiger partial charge in [0.2, 0.25) is 15.2 Å². The number of hydrogen-bond acceptors (Lipinski definition) is 18. The van der Waals surface area contributed by atoms with Gasteiger partial charge in [-0.25, -0.2) is 13.6 Å². The van der Waals surface area contributed by atoms with Gasteiger partial charge in [0.25, 0.3) is 66.5 Å². The van der Waals surface area contributed by atoms with Crippen LogP contribution in [0.5, 0.6) is 0 Å². The highest BCUT2D eigenvalue weighted by Crippen LogP contribution is 2.52. The SMILES string of the molecule is CCN1C(=CC=C(C=CC2=[N+](CCCS(=O)(=O)O)c3ccc4c(S(=O)(=O)O)cc(S(=O)(=O)O)cc4c3C2(C)C)c2ccc(C(=O)Nc3nnc(S(N)(=O)=O)s3)cn2)C(C)(C)c2c1ccc1c(S(=O)(=O)O)cc(S(=O)(=O)O)cc21. The van der Waals surface area contributed by atoms with Gasteiger partial charge in [0, 0.05) is 70.0 Å². The lowest BCUT2D eigenvalue weighted by molar-refractivity contribution is -0.437. The third-order valence-corrected chi connectivity index (χ3v) is 19.5. The first-order valence-corrected chi connectivity index (χ1v) is 32.3. The Morgan fingerprint density at radius 1 is 0.731 bits per heavy atom. The predicted molar refractivity (Wildman–Crippen MR) is 286 cm³/mol. The zero-order valence-electron chi connectivity index (χ0n) is 41.2. The molecular formula is C46H46N7O18S7+. The van der Waals surface area contributed by atoms with E-state index < -0.39 is 107 Å². The van der Waals surface area contributed by atoms with E-state index in [0.29, 0.717) is 51.8 Å². The number of primary sulfonamides is 1. The number of amides is 1. The first kappa shape index (κ1) is 57.9. The number of nitrogens with two attached hydrogens (primary N) is 1. The van der Waals surface area contributed by atoms with E-state index in [2.05, 4.69) is 20.5 Å². The first-order valence-electron chi connectivity index (χ1n) is 22.6. The van der Waals surface area contributed by atoms with Gasteiger partial charge in [0.05, 0.1) is 32.2 Å². The summed E-state index contributed by atoms with van der Waals surface area (Å²) in [4.78, 5) is 16.5. The lowest BCUT2D eigenvalue weighted by Crippen LogP contribution is -2.28. The van der Waals surface area contributed by atoms with Crippen molar-refractivity contribution < 1.29 is 82.6 Å². The minimum Gasteiger partial charge on any atom is -0.344 e. The second-order valence-electron chi connectivity index (χ2n) is 18.8. The zero-order valence-corrected chi connectivity index (χ0v) is 46.9. The average Bonchev–Trinajstić information content (AvgIpc) is 4.18. The number of fused-ring (bicyclic) bond motifs is 6. The molecule has 1 amide bonds. The fraction of sp³-hybridized carbons (Fsp3) is 0.239. The van der Waals surface area contributed by atoms with Crippen LogP contribution in [-0.2, 0) is 71.4 Å². The van der Waals surface area contributed by atoms with Crippen LogP contribution in [0.4, 0.5) is 16.5 Å². The van der Waals surface area contributed by atoms with Crippen LogP contribution < -0.4 is 15.4 Å². The Bertz CT molecular complexity index is 4440.